The number of ether oxygens (including phenoxy) is 1. The van der Waals surface area contributed by atoms with Gasteiger partial charge in [0, 0.05) is 29.2 Å². The summed E-state index contributed by atoms with van der Waals surface area (Å²) < 4.78 is 5.90. The monoisotopic (exact) mass is 469 g/mol. The first-order chi connectivity index (χ1) is 16.6. The lowest BCUT2D eigenvalue weighted by Crippen LogP contribution is -2.22. The van der Waals surface area contributed by atoms with E-state index in [4.69, 9.17) is 4.74 Å². The molecule has 5 nitrogen and oxygen atoms in total. The lowest BCUT2D eigenvalue weighted by Gasteiger charge is -2.24. The third kappa shape index (κ3) is 4.45. The first kappa shape index (κ1) is 21.9. The summed E-state index contributed by atoms with van der Waals surface area (Å²) >= 11 is 1.24. The zero-order valence-electron chi connectivity index (χ0n) is 18.4. The number of rotatable bonds is 7. The van der Waals surface area contributed by atoms with Crippen molar-refractivity contribution in [2.45, 2.75) is 18.8 Å². The number of nitrogens with one attached hydrogen (secondary N) is 1. The molecule has 1 unspecified atom stereocenters. The highest BCUT2D eigenvalue weighted by molar-refractivity contribution is 7.15. The zero-order valence-corrected chi connectivity index (χ0v) is 19.2. The van der Waals surface area contributed by atoms with E-state index in [1.807, 2.05) is 72.8 Å². The van der Waals surface area contributed by atoms with E-state index in [1.165, 1.54) is 16.9 Å². The third-order valence-corrected chi connectivity index (χ3v) is 7.24. The van der Waals surface area contributed by atoms with Crippen LogP contribution in [0.2, 0.25) is 0 Å². The van der Waals surface area contributed by atoms with Crippen LogP contribution in [0.5, 0.6) is 5.75 Å². The molecule has 1 atom stereocenters. The average Bonchev–Trinajstić information content (AvgIpc) is 3.25. The molecule has 1 aliphatic rings. The van der Waals surface area contributed by atoms with E-state index >= 15 is 0 Å². The Morgan fingerprint density at radius 3 is 2.32 bits per heavy atom. The number of anilines is 1. The third-order valence-electron chi connectivity index (χ3n) is 5.95. The number of amides is 1. The van der Waals surface area contributed by atoms with Gasteiger partial charge in [0.1, 0.15) is 10.6 Å². The molecular formula is C28H23NO4S. The van der Waals surface area contributed by atoms with Gasteiger partial charge < -0.3 is 15.2 Å². The quantitative estimate of drug-likeness (QED) is 0.337. The number of hydrogen-bond donors (Lipinski definition) is 2. The number of fused-ring (bicyclic) bond motifs is 1. The molecule has 1 aliphatic heterocycles. The van der Waals surface area contributed by atoms with Crippen LogP contribution < -0.4 is 10.1 Å². The van der Waals surface area contributed by atoms with Crippen LogP contribution in [0.25, 0.3) is 11.1 Å². The Labute approximate surface area is 201 Å². The second-order valence-corrected chi connectivity index (χ2v) is 9.23. The summed E-state index contributed by atoms with van der Waals surface area (Å²) in [6.07, 6.45) is 1.10. The number of benzene rings is 3. The Bertz CT molecular complexity index is 1310. The normalized spacial score (nSPS) is 14.8. The summed E-state index contributed by atoms with van der Waals surface area (Å²) in [4.78, 5) is 25.8. The number of carboxylic acid groups (broad SMARTS) is 1. The molecule has 1 amide bonds. The second kappa shape index (κ2) is 9.53. The topological polar surface area (TPSA) is 75.6 Å². The molecule has 1 aromatic heterocycles. The highest BCUT2D eigenvalue weighted by Crippen LogP contribution is 2.49. The summed E-state index contributed by atoms with van der Waals surface area (Å²) in [6, 6.07) is 27.3. The smallest absolute Gasteiger partial charge is 0.346 e. The maximum atomic E-state index is 12.6. The molecule has 0 saturated heterocycles. The first-order valence-corrected chi connectivity index (χ1v) is 11.9. The minimum Gasteiger partial charge on any atom is -0.493 e. The highest BCUT2D eigenvalue weighted by Gasteiger charge is 2.34. The summed E-state index contributed by atoms with van der Waals surface area (Å²) in [5.74, 6) is -0.550. The van der Waals surface area contributed by atoms with Gasteiger partial charge in [-0.1, -0.05) is 72.8 Å². The minimum atomic E-state index is -0.992. The van der Waals surface area contributed by atoms with E-state index in [2.05, 4.69) is 17.4 Å². The number of carbonyl (C=O) groups excluding carboxylic acids is 1. The molecule has 6 heteroatoms. The molecule has 170 valence electrons. The molecule has 0 radical (unpaired) electrons. The number of carbonyl (C=O) groups is 2. The Morgan fingerprint density at radius 2 is 1.65 bits per heavy atom. The molecule has 0 fully saturated rings. The van der Waals surface area contributed by atoms with Crippen molar-refractivity contribution in [1.82, 2.24) is 0 Å². The van der Waals surface area contributed by atoms with Crippen molar-refractivity contribution in [2.24, 2.45) is 0 Å². The molecule has 0 aliphatic carbocycles. The number of carboxylic acids is 1. The van der Waals surface area contributed by atoms with Crippen molar-refractivity contribution >= 4 is 28.9 Å². The van der Waals surface area contributed by atoms with Crippen LogP contribution in [-0.2, 0) is 11.2 Å². The maximum Gasteiger partial charge on any atom is 0.346 e. The Balaban J connectivity index is 1.41. The second-order valence-electron chi connectivity index (χ2n) is 8.17. The molecule has 5 rings (SSSR count). The molecule has 4 aromatic rings. The molecule has 2 N–H and O–H groups in total. The van der Waals surface area contributed by atoms with Gasteiger partial charge in [0.2, 0.25) is 5.91 Å². The number of thiophene rings is 1. The van der Waals surface area contributed by atoms with Gasteiger partial charge in [0.25, 0.3) is 0 Å². The van der Waals surface area contributed by atoms with Gasteiger partial charge in [0.05, 0.1) is 12.3 Å². The van der Waals surface area contributed by atoms with Crippen LogP contribution in [0.15, 0.2) is 84.9 Å². The molecular weight excluding hydrogens is 446 g/mol. The van der Waals surface area contributed by atoms with Gasteiger partial charge in [-0.25, -0.2) is 4.79 Å². The van der Waals surface area contributed by atoms with Crippen molar-refractivity contribution in [3.05, 3.63) is 106 Å². The summed E-state index contributed by atoms with van der Waals surface area (Å²) in [7, 11) is 0. The van der Waals surface area contributed by atoms with Crippen molar-refractivity contribution in [3.63, 3.8) is 0 Å². The van der Waals surface area contributed by atoms with Gasteiger partial charge in [-0.05, 0) is 28.8 Å². The SMILES string of the molecule is O=C1CC(c2ccc(OCCc3ccccc3)cc2)c2sc(C(=O)O)c(-c3ccccc3)c2N1. The summed E-state index contributed by atoms with van der Waals surface area (Å²) in [6.45, 7) is 0.576. The Hall–Kier alpha value is -3.90. The molecule has 0 bridgehead atoms. The lowest BCUT2D eigenvalue weighted by atomic mass is 9.88. The predicted molar refractivity (Wildman–Crippen MR) is 134 cm³/mol. The van der Waals surface area contributed by atoms with Gasteiger partial charge >= 0.3 is 5.97 Å². The highest BCUT2D eigenvalue weighted by atomic mass is 32.1. The Kier molecular flexibility index (Phi) is 6.14. The summed E-state index contributed by atoms with van der Waals surface area (Å²) in [5.41, 5.74) is 4.15. The van der Waals surface area contributed by atoms with E-state index in [1.54, 1.807) is 0 Å². The zero-order chi connectivity index (χ0) is 23.5. The Morgan fingerprint density at radius 1 is 0.971 bits per heavy atom. The van der Waals surface area contributed by atoms with Crippen molar-refractivity contribution in [2.75, 3.05) is 11.9 Å². The van der Waals surface area contributed by atoms with Crippen LogP contribution in [0, 0.1) is 0 Å². The van der Waals surface area contributed by atoms with Crippen molar-refractivity contribution < 1.29 is 19.4 Å². The fourth-order valence-corrected chi connectivity index (χ4v) is 5.56. The summed E-state index contributed by atoms with van der Waals surface area (Å²) in [5, 5.41) is 12.8. The van der Waals surface area contributed by atoms with Gasteiger partial charge in [0.15, 0.2) is 0 Å². The molecule has 34 heavy (non-hydrogen) atoms. The lowest BCUT2D eigenvalue weighted by molar-refractivity contribution is -0.116. The predicted octanol–water partition coefficient (Wildman–Crippen LogP) is 6.21. The van der Waals surface area contributed by atoms with Gasteiger partial charge in [-0.2, -0.15) is 0 Å². The maximum absolute atomic E-state index is 12.6. The molecule has 2 heterocycles. The van der Waals surface area contributed by atoms with Crippen LogP contribution >= 0.6 is 11.3 Å². The van der Waals surface area contributed by atoms with Crippen molar-refractivity contribution in [3.8, 4) is 16.9 Å². The molecule has 0 saturated carbocycles. The minimum absolute atomic E-state index is 0.118. The van der Waals surface area contributed by atoms with Crippen LogP contribution in [0.4, 0.5) is 5.69 Å². The first-order valence-electron chi connectivity index (χ1n) is 11.1. The van der Waals surface area contributed by atoms with E-state index in [0.717, 1.165) is 28.2 Å². The van der Waals surface area contributed by atoms with Crippen LogP contribution in [-0.4, -0.2) is 23.6 Å². The molecule has 0 spiro atoms. The standard InChI is InChI=1S/C28H23NO4S/c30-23-17-22(19-11-13-21(14-12-19)33-16-15-18-7-3-1-4-8-18)26-25(29-23)24(27(34-26)28(31)32)20-9-5-2-6-10-20/h1-14,22H,15-17H2,(H,29,30)(H,31,32). The van der Waals surface area contributed by atoms with Crippen molar-refractivity contribution in [1.29, 1.82) is 0 Å². The van der Waals surface area contributed by atoms with Gasteiger partial charge in [-0.3, -0.25) is 4.79 Å². The fraction of sp³-hybridized carbons (Fsp3) is 0.143. The molecule has 3 aromatic carbocycles. The largest absolute Gasteiger partial charge is 0.493 e. The number of aromatic carboxylic acids is 1. The van der Waals surface area contributed by atoms with E-state index < -0.39 is 5.97 Å². The van der Waals surface area contributed by atoms with E-state index in [0.29, 0.717) is 17.9 Å². The fourth-order valence-electron chi connectivity index (χ4n) is 4.31. The average molecular weight is 470 g/mol. The van der Waals surface area contributed by atoms with Crippen LogP contribution in [0.3, 0.4) is 0 Å². The van der Waals surface area contributed by atoms with E-state index in [9.17, 15) is 14.7 Å². The van der Waals surface area contributed by atoms with Crippen LogP contribution in [0.1, 0.15) is 38.0 Å². The number of hydrogen-bond acceptors (Lipinski definition) is 4. The van der Waals surface area contributed by atoms with E-state index in [-0.39, 0.29) is 23.1 Å². The van der Waals surface area contributed by atoms with Gasteiger partial charge in [-0.15, -0.1) is 11.3 Å².